The van der Waals surface area contributed by atoms with Gasteiger partial charge in [0.05, 0.1) is 6.54 Å². The Kier molecular flexibility index (Phi) is 4.96. The van der Waals surface area contributed by atoms with Gasteiger partial charge in [-0.05, 0) is 44.4 Å². The van der Waals surface area contributed by atoms with Crippen LogP contribution >= 0.6 is 0 Å². The standard InChI is InChI=1S/C16H24N4O/c1-10(2)8-17-9-14-19-20-16(21-14)18-15-12(4)6-11(3)7-13(15)5/h6-7,10,17H,8-9H2,1-5H3,(H,18,20). The fourth-order valence-electron chi connectivity index (χ4n) is 2.33. The second kappa shape index (κ2) is 6.72. The summed E-state index contributed by atoms with van der Waals surface area (Å²) in [6, 6.07) is 4.71. The number of hydrogen-bond donors (Lipinski definition) is 2. The number of nitrogens with zero attached hydrogens (tertiary/aromatic N) is 2. The minimum Gasteiger partial charge on any atom is -0.406 e. The van der Waals surface area contributed by atoms with Crippen molar-refractivity contribution >= 4 is 11.7 Å². The van der Waals surface area contributed by atoms with Crippen LogP contribution in [0.15, 0.2) is 16.5 Å². The van der Waals surface area contributed by atoms with Crippen molar-refractivity contribution in [2.45, 2.75) is 41.2 Å². The first kappa shape index (κ1) is 15.5. The van der Waals surface area contributed by atoms with E-state index in [9.17, 15) is 0 Å². The zero-order valence-corrected chi connectivity index (χ0v) is 13.4. The maximum absolute atomic E-state index is 5.61. The number of rotatable bonds is 6. The van der Waals surface area contributed by atoms with Crippen molar-refractivity contribution in [1.29, 1.82) is 0 Å². The molecule has 5 heteroatoms. The van der Waals surface area contributed by atoms with Gasteiger partial charge in [0.15, 0.2) is 0 Å². The van der Waals surface area contributed by atoms with Crippen molar-refractivity contribution in [3.63, 3.8) is 0 Å². The molecule has 2 N–H and O–H groups in total. The van der Waals surface area contributed by atoms with Gasteiger partial charge in [0.25, 0.3) is 0 Å². The lowest BCUT2D eigenvalue weighted by Crippen LogP contribution is -2.19. The molecule has 114 valence electrons. The van der Waals surface area contributed by atoms with Gasteiger partial charge in [-0.1, -0.05) is 36.6 Å². The van der Waals surface area contributed by atoms with Gasteiger partial charge in [-0.2, -0.15) is 0 Å². The first-order valence-corrected chi connectivity index (χ1v) is 7.33. The van der Waals surface area contributed by atoms with E-state index in [0.29, 0.717) is 24.4 Å². The van der Waals surface area contributed by atoms with Crippen LogP contribution in [0.5, 0.6) is 0 Å². The van der Waals surface area contributed by atoms with Crippen LogP contribution in [0.25, 0.3) is 0 Å². The average Bonchev–Trinajstić information content (AvgIpc) is 2.81. The number of aromatic nitrogens is 2. The molecule has 0 bridgehead atoms. The highest BCUT2D eigenvalue weighted by Gasteiger charge is 2.10. The largest absolute Gasteiger partial charge is 0.406 e. The highest BCUT2D eigenvalue weighted by molar-refractivity contribution is 5.62. The summed E-state index contributed by atoms with van der Waals surface area (Å²) in [4.78, 5) is 0. The lowest BCUT2D eigenvalue weighted by atomic mass is 10.1. The monoisotopic (exact) mass is 288 g/mol. The molecular formula is C16H24N4O. The first-order valence-electron chi connectivity index (χ1n) is 7.33. The van der Waals surface area contributed by atoms with Crippen molar-refractivity contribution in [3.05, 3.63) is 34.7 Å². The Bertz CT molecular complexity index is 581. The van der Waals surface area contributed by atoms with E-state index in [0.717, 1.165) is 12.2 Å². The molecule has 5 nitrogen and oxygen atoms in total. The summed E-state index contributed by atoms with van der Waals surface area (Å²) in [7, 11) is 0. The molecule has 0 radical (unpaired) electrons. The van der Waals surface area contributed by atoms with Gasteiger partial charge in [-0.25, -0.2) is 0 Å². The number of benzene rings is 1. The summed E-state index contributed by atoms with van der Waals surface area (Å²) in [6.07, 6.45) is 0. The van der Waals surface area contributed by atoms with Crippen LogP contribution < -0.4 is 10.6 Å². The lowest BCUT2D eigenvalue weighted by molar-refractivity contribution is 0.460. The fourth-order valence-corrected chi connectivity index (χ4v) is 2.33. The summed E-state index contributed by atoms with van der Waals surface area (Å²) in [5.41, 5.74) is 4.63. The predicted octanol–water partition coefficient (Wildman–Crippen LogP) is 3.48. The molecule has 0 fully saturated rings. The molecule has 21 heavy (non-hydrogen) atoms. The number of anilines is 2. The molecule has 2 rings (SSSR count). The number of nitrogens with one attached hydrogen (secondary N) is 2. The molecule has 0 aliphatic heterocycles. The Balaban J connectivity index is 2.03. The van der Waals surface area contributed by atoms with E-state index in [1.165, 1.54) is 16.7 Å². The van der Waals surface area contributed by atoms with Crippen molar-refractivity contribution in [3.8, 4) is 0 Å². The maximum atomic E-state index is 5.61. The van der Waals surface area contributed by atoms with Crippen molar-refractivity contribution in [1.82, 2.24) is 15.5 Å². The minimum atomic E-state index is 0.436. The third kappa shape index (κ3) is 4.29. The van der Waals surface area contributed by atoms with Gasteiger partial charge in [0, 0.05) is 5.69 Å². The van der Waals surface area contributed by atoms with E-state index in [1.807, 2.05) is 0 Å². The normalized spacial score (nSPS) is 11.1. The summed E-state index contributed by atoms with van der Waals surface area (Å²) in [6.45, 7) is 12.1. The Morgan fingerprint density at radius 2 is 1.76 bits per heavy atom. The minimum absolute atomic E-state index is 0.436. The molecule has 2 aromatic rings. The highest BCUT2D eigenvalue weighted by Crippen LogP contribution is 2.25. The molecule has 0 amide bonds. The molecule has 0 saturated carbocycles. The highest BCUT2D eigenvalue weighted by atomic mass is 16.4. The van der Waals surface area contributed by atoms with E-state index in [2.05, 4.69) is 67.6 Å². The van der Waals surface area contributed by atoms with Crippen LogP contribution in [0.1, 0.15) is 36.4 Å². The zero-order chi connectivity index (χ0) is 15.4. The summed E-state index contributed by atoms with van der Waals surface area (Å²) in [5, 5.41) is 14.6. The molecular weight excluding hydrogens is 264 g/mol. The van der Waals surface area contributed by atoms with Crippen molar-refractivity contribution in [2.24, 2.45) is 5.92 Å². The molecule has 0 saturated heterocycles. The number of hydrogen-bond acceptors (Lipinski definition) is 5. The molecule has 1 heterocycles. The van der Waals surface area contributed by atoms with E-state index in [-0.39, 0.29) is 0 Å². The zero-order valence-electron chi connectivity index (χ0n) is 13.4. The Morgan fingerprint density at radius 1 is 1.10 bits per heavy atom. The molecule has 0 atom stereocenters. The molecule has 0 aliphatic rings. The van der Waals surface area contributed by atoms with Gasteiger partial charge in [0.2, 0.25) is 5.89 Å². The topological polar surface area (TPSA) is 63.0 Å². The third-order valence-electron chi connectivity index (χ3n) is 3.20. The maximum Gasteiger partial charge on any atom is 0.320 e. The predicted molar refractivity (Wildman–Crippen MR) is 84.8 cm³/mol. The third-order valence-corrected chi connectivity index (χ3v) is 3.20. The number of aryl methyl sites for hydroxylation is 3. The SMILES string of the molecule is Cc1cc(C)c(Nc2nnc(CNCC(C)C)o2)c(C)c1. The van der Waals surface area contributed by atoms with Gasteiger partial charge < -0.3 is 15.1 Å². The smallest absolute Gasteiger partial charge is 0.320 e. The van der Waals surface area contributed by atoms with Crippen LogP contribution in [-0.4, -0.2) is 16.7 Å². The van der Waals surface area contributed by atoms with Crippen LogP contribution in [0.4, 0.5) is 11.7 Å². The second-order valence-electron chi connectivity index (χ2n) is 5.92. The Hall–Kier alpha value is -1.88. The van der Waals surface area contributed by atoms with Gasteiger partial charge in [-0.15, -0.1) is 5.10 Å². The molecule has 0 unspecified atom stereocenters. The van der Waals surface area contributed by atoms with Crippen LogP contribution in [0.2, 0.25) is 0 Å². The van der Waals surface area contributed by atoms with Crippen LogP contribution in [0, 0.1) is 26.7 Å². The molecule has 0 aliphatic carbocycles. The Morgan fingerprint density at radius 3 is 2.38 bits per heavy atom. The summed E-state index contributed by atoms with van der Waals surface area (Å²) in [5.74, 6) is 1.20. The van der Waals surface area contributed by atoms with Crippen molar-refractivity contribution in [2.75, 3.05) is 11.9 Å². The first-order chi connectivity index (χ1) is 9.95. The van der Waals surface area contributed by atoms with E-state index in [1.54, 1.807) is 0 Å². The van der Waals surface area contributed by atoms with Gasteiger partial charge >= 0.3 is 6.01 Å². The van der Waals surface area contributed by atoms with Crippen LogP contribution in [0.3, 0.4) is 0 Å². The molecule has 1 aromatic heterocycles. The Labute approximate surface area is 126 Å². The second-order valence-corrected chi connectivity index (χ2v) is 5.92. The summed E-state index contributed by atoms with van der Waals surface area (Å²) < 4.78 is 5.61. The summed E-state index contributed by atoms with van der Waals surface area (Å²) >= 11 is 0. The fraction of sp³-hybridized carbons (Fsp3) is 0.500. The van der Waals surface area contributed by atoms with Gasteiger partial charge in [-0.3, -0.25) is 0 Å². The van der Waals surface area contributed by atoms with E-state index in [4.69, 9.17) is 4.42 Å². The molecule has 1 aromatic carbocycles. The molecule has 0 spiro atoms. The van der Waals surface area contributed by atoms with Gasteiger partial charge in [0.1, 0.15) is 0 Å². The van der Waals surface area contributed by atoms with Crippen molar-refractivity contribution < 1.29 is 4.42 Å². The average molecular weight is 288 g/mol. The van der Waals surface area contributed by atoms with E-state index < -0.39 is 0 Å². The quantitative estimate of drug-likeness (QED) is 0.852. The van der Waals surface area contributed by atoms with E-state index >= 15 is 0 Å². The lowest BCUT2D eigenvalue weighted by Gasteiger charge is -2.10. The van der Waals surface area contributed by atoms with Crippen LogP contribution in [-0.2, 0) is 6.54 Å².